The van der Waals surface area contributed by atoms with Crippen molar-refractivity contribution in [1.82, 2.24) is 5.43 Å². The summed E-state index contributed by atoms with van der Waals surface area (Å²) in [5.41, 5.74) is 3.76. The maximum atomic E-state index is 13.9. The van der Waals surface area contributed by atoms with Crippen LogP contribution < -0.4 is 10.9 Å². The summed E-state index contributed by atoms with van der Waals surface area (Å²) in [5.74, 6) is -5.69. The van der Waals surface area contributed by atoms with Gasteiger partial charge in [0, 0.05) is 23.2 Å². The van der Waals surface area contributed by atoms with E-state index in [4.69, 9.17) is 16.7 Å². The molecule has 2 rings (SSSR count). The van der Waals surface area contributed by atoms with E-state index in [-0.39, 0.29) is 6.54 Å². The number of aliphatic hydroxyl groups excluding tert-OH is 1. The van der Waals surface area contributed by atoms with Gasteiger partial charge < -0.3 is 15.6 Å². The van der Waals surface area contributed by atoms with Crippen LogP contribution in [0.2, 0.25) is 5.02 Å². The highest BCUT2D eigenvalue weighted by Gasteiger charge is 2.20. The molecule has 0 aliphatic carbocycles. The van der Waals surface area contributed by atoms with Gasteiger partial charge in [-0.05, 0) is 17.7 Å². The molecule has 0 saturated heterocycles. The van der Waals surface area contributed by atoms with Gasteiger partial charge in [0.05, 0.1) is 18.2 Å². The number of halogens is 4. The highest BCUT2D eigenvalue weighted by atomic mass is 35.5. The average molecular weight is 375 g/mol. The van der Waals surface area contributed by atoms with Crippen molar-refractivity contribution in [3.63, 3.8) is 0 Å². The van der Waals surface area contributed by atoms with E-state index in [2.05, 4.69) is 10.9 Å². The Morgan fingerprint density at radius 2 is 1.92 bits per heavy atom. The van der Waals surface area contributed by atoms with E-state index in [1.54, 1.807) is 18.2 Å². The molecule has 0 spiro atoms. The van der Waals surface area contributed by atoms with Gasteiger partial charge in [-0.25, -0.2) is 18.6 Å². The second-order valence-corrected chi connectivity index (χ2v) is 5.60. The number of hydrogen-bond acceptors (Lipinski definition) is 4. The molecule has 0 fully saturated rings. The lowest BCUT2D eigenvalue weighted by molar-refractivity contribution is -0.136. The van der Waals surface area contributed by atoms with Crippen LogP contribution in [0.5, 0.6) is 0 Å². The maximum absolute atomic E-state index is 13.9. The third-order valence-corrected chi connectivity index (χ3v) is 3.57. The van der Waals surface area contributed by atoms with Crippen molar-refractivity contribution in [2.24, 2.45) is 0 Å². The van der Waals surface area contributed by atoms with Crippen LogP contribution in [-0.2, 0) is 11.2 Å². The molecule has 0 aromatic heterocycles. The zero-order valence-corrected chi connectivity index (χ0v) is 13.4. The fraction of sp³-hybridized carbons (Fsp3) is 0.188. The van der Waals surface area contributed by atoms with Gasteiger partial charge in [0.15, 0.2) is 11.6 Å². The van der Waals surface area contributed by atoms with Crippen LogP contribution >= 0.6 is 11.6 Å². The van der Waals surface area contributed by atoms with Crippen LogP contribution in [0.3, 0.4) is 0 Å². The quantitative estimate of drug-likeness (QED) is 0.442. The lowest BCUT2D eigenvalue weighted by Crippen LogP contribution is -2.28. The third kappa shape index (κ3) is 4.85. The predicted octanol–water partition coefficient (Wildman–Crippen LogP) is 3.03. The highest BCUT2D eigenvalue weighted by molar-refractivity contribution is 6.30. The van der Waals surface area contributed by atoms with Gasteiger partial charge in [0.1, 0.15) is 5.82 Å². The van der Waals surface area contributed by atoms with E-state index in [0.717, 1.165) is 0 Å². The number of aliphatic hydroxyl groups is 1. The smallest absolute Gasteiger partial charge is 0.308 e. The molecule has 1 atom stereocenters. The molecule has 0 saturated carbocycles. The van der Waals surface area contributed by atoms with Crippen LogP contribution in [0.25, 0.3) is 0 Å². The van der Waals surface area contributed by atoms with Crippen LogP contribution in [0, 0.1) is 17.5 Å². The highest BCUT2D eigenvalue weighted by Crippen LogP contribution is 2.24. The molecule has 0 amide bonds. The standard InChI is InChI=1S/C16H14ClF3N2O3/c17-9-3-1-2-8(4-9)13(23)7-21-22-12-6-11(18)10(5-14(24)25)15(19)16(12)20/h1-4,6,13,21-23H,5,7H2,(H,24,25)/t13-/m0/s1. The third-order valence-electron chi connectivity index (χ3n) is 3.33. The Balaban J connectivity index is 2.04. The second kappa shape index (κ2) is 8.19. The van der Waals surface area contributed by atoms with Crippen molar-refractivity contribution in [1.29, 1.82) is 0 Å². The van der Waals surface area contributed by atoms with E-state index in [1.807, 2.05) is 0 Å². The molecular formula is C16H14ClF3N2O3. The first-order chi connectivity index (χ1) is 11.8. The average Bonchev–Trinajstić information content (AvgIpc) is 2.55. The van der Waals surface area contributed by atoms with Gasteiger partial charge >= 0.3 is 5.97 Å². The minimum atomic E-state index is -1.58. The van der Waals surface area contributed by atoms with Crippen LogP contribution in [-0.4, -0.2) is 22.7 Å². The molecule has 9 heteroatoms. The molecule has 0 aliphatic rings. The van der Waals surface area contributed by atoms with E-state index in [9.17, 15) is 23.1 Å². The van der Waals surface area contributed by atoms with Crippen molar-refractivity contribution >= 4 is 23.3 Å². The minimum Gasteiger partial charge on any atom is -0.481 e. The molecule has 0 heterocycles. The first-order valence-corrected chi connectivity index (χ1v) is 7.48. The number of carboxylic acids is 1. The Bertz CT molecular complexity index is 789. The van der Waals surface area contributed by atoms with Crippen LogP contribution in [0.4, 0.5) is 18.9 Å². The molecule has 2 aromatic rings. The number of rotatable bonds is 7. The number of anilines is 1. The fourth-order valence-electron chi connectivity index (χ4n) is 2.11. The Labute approximate surface area is 146 Å². The van der Waals surface area contributed by atoms with Gasteiger partial charge in [0.2, 0.25) is 0 Å². The molecular weight excluding hydrogens is 361 g/mol. The molecule has 0 unspecified atom stereocenters. The zero-order valence-electron chi connectivity index (χ0n) is 12.7. The minimum absolute atomic E-state index is 0.111. The number of benzene rings is 2. The number of aliphatic carboxylic acids is 1. The largest absolute Gasteiger partial charge is 0.481 e. The Kier molecular flexibility index (Phi) is 6.24. The van der Waals surface area contributed by atoms with Gasteiger partial charge in [-0.1, -0.05) is 23.7 Å². The maximum Gasteiger partial charge on any atom is 0.308 e. The van der Waals surface area contributed by atoms with Crippen molar-refractivity contribution < 1.29 is 28.2 Å². The zero-order chi connectivity index (χ0) is 18.6. The molecule has 5 nitrogen and oxygen atoms in total. The predicted molar refractivity (Wildman–Crippen MR) is 85.7 cm³/mol. The second-order valence-electron chi connectivity index (χ2n) is 5.16. The summed E-state index contributed by atoms with van der Waals surface area (Å²) in [5, 5.41) is 19.0. The van der Waals surface area contributed by atoms with Crippen molar-refractivity contribution in [2.75, 3.05) is 12.0 Å². The van der Waals surface area contributed by atoms with E-state index < -0.39 is 47.2 Å². The Morgan fingerprint density at radius 3 is 2.56 bits per heavy atom. The topological polar surface area (TPSA) is 81.6 Å². The van der Waals surface area contributed by atoms with Gasteiger partial charge in [-0.3, -0.25) is 4.79 Å². The molecule has 4 N–H and O–H groups in total. The SMILES string of the molecule is O=C(O)Cc1c(F)cc(NNC[C@H](O)c2cccc(Cl)c2)c(F)c1F. The number of carbonyl (C=O) groups is 1. The first kappa shape index (κ1) is 19.0. The number of hydrazine groups is 1. The van der Waals surface area contributed by atoms with Gasteiger partial charge in [-0.15, -0.1) is 0 Å². The molecule has 0 aliphatic heterocycles. The van der Waals surface area contributed by atoms with Gasteiger partial charge in [0.25, 0.3) is 0 Å². The molecule has 134 valence electrons. The summed E-state index contributed by atoms with van der Waals surface area (Å²) in [6, 6.07) is 7.06. The first-order valence-electron chi connectivity index (χ1n) is 7.10. The summed E-state index contributed by atoms with van der Waals surface area (Å²) < 4.78 is 41.4. The van der Waals surface area contributed by atoms with Crippen molar-refractivity contribution in [3.8, 4) is 0 Å². The van der Waals surface area contributed by atoms with E-state index in [0.29, 0.717) is 16.7 Å². The molecule has 25 heavy (non-hydrogen) atoms. The van der Waals surface area contributed by atoms with E-state index >= 15 is 0 Å². The van der Waals surface area contributed by atoms with E-state index in [1.165, 1.54) is 6.07 Å². The normalized spacial score (nSPS) is 12.0. The summed E-state index contributed by atoms with van der Waals surface area (Å²) in [6.45, 7) is -0.111. The number of hydrogen-bond donors (Lipinski definition) is 4. The summed E-state index contributed by atoms with van der Waals surface area (Å²) >= 11 is 5.80. The monoisotopic (exact) mass is 374 g/mol. The van der Waals surface area contributed by atoms with Crippen molar-refractivity contribution in [2.45, 2.75) is 12.5 Å². The fourth-order valence-corrected chi connectivity index (χ4v) is 2.31. The van der Waals surface area contributed by atoms with Gasteiger partial charge in [-0.2, -0.15) is 0 Å². The molecule has 2 aromatic carbocycles. The lowest BCUT2D eigenvalue weighted by atomic mass is 10.1. The lowest BCUT2D eigenvalue weighted by Gasteiger charge is -2.15. The Morgan fingerprint density at radius 1 is 1.20 bits per heavy atom. The van der Waals surface area contributed by atoms with Crippen LogP contribution in [0.1, 0.15) is 17.2 Å². The Hall–Kier alpha value is -2.29. The number of nitrogens with one attached hydrogen (secondary N) is 2. The number of carboxylic acid groups (broad SMARTS) is 1. The summed E-state index contributed by atoms with van der Waals surface area (Å²) in [6.07, 6.45) is -1.98. The molecule has 0 bridgehead atoms. The van der Waals surface area contributed by atoms with Crippen molar-refractivity contribution in [3.05, 3.63) is 63.9 Å². The summed E-state index contributed by atoms with van der Waals surface area (Å²) in [4.78, 5) is 10.6. The molecule has 0 radical (unpaired) electrons. The summed E-state index contributed by atoms with van der Waals surface area (Å²) in [7, 11) is 0. The van der Waals surface area contributed by atoms with Crippen LogP contribution in [0.15, 0.2) is 30.3 Å².